The summed E-state index contributed by atoms with van der Waals surface area (Å²) in [4.78, 5) is 25.1. The minimum atomic E-state index is -2.43. The molecule has 0 aliphatic heterocycles. The molecule has 0 aromatic carbocycles. The van der Waals surface area contributed by atoms with E-state index in [0.29, 0.717) is 0 Å². The maximum absolute atomic E-state index is 12.5. The summed E-state index contributed by atoms with van der Waals surface area (Å²) in [5, 5.41) is 0. The van der Waals surface area contributed by atoms with Gasteiger partial charge in [0.1, 0.15) is 0 Å². The van der Waals surface area contributed by atoms with Crippen LogP contribution in [-0.2, 0) is 17.1 Å². The molecule has 0 N–H and O–H groups in total. The van der Waals surface area contributed by atoms with E-state index >= 15 is 0 Å². The van der Waals surface area contributed by atoms with E-state index in [2.05, 4.69) is 12.2 Å². The van der Waals surface area contributed by atoms with Crippen molar-refractivity contribution in [1.82, 2.24) is 0 Å². The van der Waals surface area contributed by atoms with Gasteiger partial charge in [0.2, 0.25) is 0 Å². The van der Waals surface area contributed by atoms with Crippen LogP contribution >= 0.6 is 0 Å². The molecular formula is C15H26Ge2O4. The quantitative estimate of drug-likeness (QED) is 0.523. The fourth-order valence-electron chi connectivity index (χ4n) is 3.20. The number of allylic oxidation sites excluding steroid dienone is 2. The van der Waals surface area contributed by atoms with Gasteiger partial charge in [-0.2, -0.15) is 0 Å². The van der Waals surface area contributed by atoms with E-state index in [1.54, 1.807) is 0 Å². The van der Waals surface area contributed by atoms with Crippen molar-refractivity contribution in [3.05, 3.63) is 12.2 Å². The fraction of sp³-hybridized carbons (Fsp3) is 0.733. The second-order valence-corrected chi connectivity index (χ2v) is 26.7. The van der Waals surface area contributed by atoms with Crippen LogP contribution in [0.3, 0.4) is 0 Å². The molecule has 21 heavy (non-hydrogen) atoms. The summed E-state index contributed by atoms with van der Waals surface area (Å²) in [5.41, 5.74) is 0. The SMILES string of the molecule is [CH3][Ge]([CH3])([CH3])[O]C(=O)C1C2C=CC(C2)C1C(=O)[O][Ge]([CH3])([CH3])[CH3]. The average molecular weight is 416 g/mol. The number of hydrogen-bond donors (Lipinski definition) is 0. The molecule has 2 aliphatic rings. The molecule has 1 saturated carbocycles. The third-order valence-electron chi connectivity index (χ3n) is 3.82. The van der Waals surface area contributed by atoms with E-state index in [1.165, 1.54) is 0 Å². The van der Waals surface area contributed by atoms with Crippen molar-refractivity contribution in [2.24, 2.45) is 23.7 Å². The first-order valence-corrected chi connectivity index (χ1v) is 21.9. The Bertz CT molecular complexity index is 431. The zero-order valence-electron chi connectivity index (χ0n) is 13.8. The number of fused-ring (bicyclic) bond motifs is 2. The van der Waals surface area contributed by atoms with Crippen molar-refractivity contribution in [3.8, 4) is 0 Å². The molecule has 0 aromatic rings. The van der Waals surface area contributed by atoms with Gasteiger partial charge in [0, 0.05) is 0 Å². The van der Waals surface area contributed by atoms with Crippen LogP contribution in [-0.4, -0.2) is 39.1 Å². The Balaban J connectivity index is 2.17. The Morgan fingerprint density at radius 3 is 1.43 bits per heavy atom. The van der Waals surface area contributed by atoms with Gasteiger partial charge in [-0.15, -0.1) is 0 Å². The van der Waals surface area contributed by atoms with Crippen LogP contribution < -0.4 is 0 Å². The van der Waals surface area contributed by atoms with Gasteiger partial charge >= 0.3 is 133 Å². The Kier molecular flexibility index (Phi) is 4.70. The van der Waals surface area contributed by atoms with Gasteiger partial charge in [-0.05, 0) is 0 Å². The summed E-state index contributed by atoms with van der Waals surface area (Å²) in [6.45, 7) is 0. The number of carbonyl (C=O) groups excluding carboxylic acids is 2. The molecule has 0 saturated heterocycles. The summed E-state index contributed by atoms with van der Waals surface area (Å²) in [6.07, 6.45) is 5.04. The molecule has 2 aliphatic carbocycles. The van der Waals surface area contributed by atoms with Crippen LogP contribution in [0.2, 0.25) is 34.5 Å². The van der Waals surface area contributed by atoms with Gasteiger partial charge < -0.3 is 0 Å². The van der Waals surface area contributed by atoms with Crippen LogP contribution in [0.15, 0.2) is 12.2 Å². The van der Waals surface area contributed by atoms with E-state index < -0.39 is 27.2 Å². The molecule has 118 valence electrons. The summed E-state index contributed by atoms with van der Waals surface area (Å²) >= 11 is -4.87. The van der Waals surface area contributed by atoms with Gasteiger partial charge in [-0.1, -0.05) is 0 Å². The Hall–Kier alpha value is -0.234. The molecule has 2 bridgehead atoms. The molecule has 4 unspecified atom stereocenters. The van der Waals surface area contributed by atoms with Crippen molar-refractivity contribution in [1.29, 1.82) is 0 Å². The third-order valence-corrected chi connectivity index (χ3v) is 7.23. The van der Waals surface area contributed by atoms with Gasteiger partial charge in [0.05, 0.1) is 0 Å². The molecule has 4 atom stereocenters. The Morgan fingerprint density at radius 1 is 0.810 bits per heavy atom. The van der Waals surface area contributed by atoms with E-state index in [4.69, 9.17) is 7.53 Å². The summed E-state index contributed by atoms with van der Waals surface area (Å²) in [7, 11) is 0. The first kappa shape index (κ1) is 17.1. The third kappa shape index (κ3) is 4.15. The standard InChI is InChI=1S/C15H26Ge2O4/c1-16(2,3)20-14(18)12-10-7-8-11(9-10)13(12)15(19)21-17(4,5)6/h7-8,10-13H,9H2,1-6H3. The molecule has 6 heteroatoms. The van der Waals surface area contributed by atoms with Gasteiger partial charge in [-0.25, -0.2) is 0 Å². The molecule has 2 rings (SSSR count). The Morgan fingerprint density at radius 2 is 1.14 bits per heavy atom. The number of rotatable bonds is 4. The van der Waals surface area contributed by atoms with E-state index in [0.717, 1.165) is 6.42 Å². The average Bonchev–Trinajstić information content (AvgIpc) is 2.82. The molecule has 1 fully saturated rings. The normalized spacial score (nSPS) is 31.3. The molecule has 0 radical (unpaired) electrons. The topological polar surface area (TPSA) is 52.6 Å². The van der Waals surface area contributed by atoms with E-state index in [-0.39, 0.29) is 35.6 Å². The fourth-order valence-corrected chi connectivity index (χ4v) is 6.31. The number of carbonyl (C=O) groups is 2. The van der Waals surface area contributed by atoms with Gasteiger partial charge in [-0.3, -0.25) is 0 Å². The first-order valence-electron chi connectivity index (χ1n) is 7.62. The number of hydrogen-bond acceptors (Lipinski definition) is 4. The van der Waals surface area contributed by atoms with Gasteiger partial charge in [0.25, 0.3) is 0 Å². The molecule has 0 heterocycles. The van der Waals surface area contributed by atoms with Crippen molar-refractivity contribution in [2.45, 2.75) is 41.0 Å². The first-order chi connectivity index (χ1) is 9.48. The van der Waals surface area contributed by atoms with Crippen molar-refractivity contribution in [3.63, 3.8) is 0 Å². The van der Waals surface area contributed by atoms with Crippen molar-refractivity contribution in [2.75, 3.05) is 0 Å². The minimum absolute atomic E-state index is 0.150. The summed E-state index contributed by atoms with van der Waals surface area (Å²) < 4.78 is 11.4. The summed E-state index contributed by atoms with van der Waals surface area (Å²) in [5.74, 6) is 11.5. The second-order valence-electron chi connectivity index (χ2n) is 8.07. The predicted octanol–water partition coefficient (Wildman–Crippen LogP) is 3.18. The van der Waals surface area contributed by atoms with E-state index in [1.807, 2.05) is 34.5 Å². The van der Waals surface area contributed by atoms with Gasteiger partial charge in [0.15, 0.2) is 0 Å². The van der Waals surface area contributed by atoms with Crippen molar-refractivity contribution < 1.29 is 17.1 Å². The van der Waals surface area contributed by atoms with Crippen LogP contribution in [0.25, 0.3) is 0 Å². The molecular weight excluding hydrogens is 389 g/mol. The maximum atomic E-state index is 12.5. The molecule has 0 aromatic heterocycles. The van der Waals surface area contributed by atoms with Crippen molar-refractivity contribution >= 4 is 39.1 Å². The molecule has 0 spiro atoms. The zero-order valence-corrected chi connectivity index (χ0v) is 18.0. The van der Waals surface area contributed by atoms with Crippen LogP contribution in [0, 0.1) is 23.7 Å². The molecule has 4 nitrogen and oxygen atoms in total. The summed E-state index contributed by atoms with van der Waals surface area (Å²) in [6, 6.07) is 0. The van der Waals surface area contributed by atoms with Crippen LogP contribution in [0.5, 0.6) is 0 Å². The van der Waals surface area contributed by atoms with E-state index in [9.17, 15) is 9.59 Å². The predicted molar refractivity (Wildman–Crippen MR) is 86.6 cm³/mol. The van der Waals surface area contributed by atoms with Crippen LogP contribution in [0.4, 0.5) is 0 Å². The zero-order chi connectivity index (χ0) is 16.0. The Labute approximate surface area is 133 Å². The molecule has 0 amide bonds. The van der Waals surface area contributed by atoms with Crippen LogP contribution in [0.1, 0.15) is 6.42 Å². The monoisotopic (exact) mass is 418 g/mol. The second kappa shape index (κ2) is 5.76.